The second-order valence-corrected chi connectivity index (χ2v) is 7.14. The molecule has 0 aromatic carbocycles. The van der Waals surface area contributed by atoms with Gasteiger partial charge < -0.3 is 9.84 Å². The lowest BCUT2D eigenvalue weighted by molar-refractivity contribution is -0.166. The number of rotatable bonds is 6. The van der Waals surface area contributed by atoms with Gasteiger partial charge in [0, 0.05) is 0 Å². The first-order valence-electron chi connectivity index (χ1n) is 6.78. The summed E-state index contributed by atoms with van der Waals surface area (Å²) in [6, 6.07) is 0. The first-order valence-corrected chi connectivity index (χ1v) is 6.78. The van der Waals surface area contributed by atoms with E-state index in [4.69, 9.17) is 9.84 Å². The normalized spacial score (nSPS) is 16.2. The Balaban J connectivity index is 5.14. The molecule has 0 aliphatic heterocycles. The molecule has 0 aliphatic carbocycles. The van der Waals surface area contributed by atoms with Crippen molar-refractivity contribution in [3.05, 3.63) is 0 Å². The summed E-state index contributed by atoms with van der Waals surface area (Å²) in [7, 11) is 0. The molecule has 1 N–H and O–H groups in total. The van der Waals surface area contributed by atoms with Crippen LogP contribution in [0.15, 0.2) is 0 Å². The first kappa shape index (κ1) is 17.4. The smallest absolute Gasteiger partial charge is 0.312 e. The van der Waals surface area contributed by atoms with Crippen molar-refractivity contribution in [3.8, 4) is 0 Å². The molecular formula is C15H30O3. The van der Waals surface area contributed by atoms with Crippen molar-refractivity contribution in [1.29, 1.82) is 0 Å². The van der Waals surface area contributed by atoms with Crippen LogP contribution < -0.4 is 0 Å². The summed E-state index contributed by atoms with van der Waals surface area (Å²) in [5.74, 6) is -0.203. The van der Waals surface area contributed by atoms with Crippen molar-refractivity contribution < 1.29 is 14.6 Å². The molecule has 0 aliphatic rings. The Morgan fingerprint density at radius 1 is 1.11 bits per heavy atom. The molecule has 0 heterocycles. The zero-order valence-corrected chi connectivity index (χ0v) is 13.1. The first-order chi connectivity index (χ1) is 8.00. The van der Waals surface area contributed by atoms with Gasteiger partial charge in [-0.05, 0) is 24.2 Å². The molecule has 108 valence electrons. The van der Waals surface area contributed by atoms with Crippen LogP contribution in [0.1, 0.15) is 61.3 Å². The van der Waals surface area contributed by atoms with Crippen LogP contribution in [0.25, 0.3) is 0 Å². The molecule has 0 bridgehead atoms. The topological polar surface area (TPSA) is 46.5 Å². The summed E-state index contributed by atoms with van der Waals surface area (Å²) in [5.41, 5.74) is -0.617. The third-order valence-electron chi connectivity index (χ3n) is 4.22. The van der Waals surface area contributed by atoms with Crippen LogP contribution in [0, 0.1) is 16.2 Å². The molecule has 0 saturated heterocycles. The lowest BCUT2D eigenvalue weighted by atomic mass is 9.60. The molecule has 0 saturated carbocycles. The van der Waals surface area contributed by atoms with E-state index in [0.29, 0.717) is 0 Å². The highest BCUT2D eigenvalue weighted by Crippen LogP contribution is 2.48. The third-order valence-corrected chi connectivity index (χ3v) is 4.22. The van der Waals surface area contributed by atoms with Gasteiger partial charge in [0.2, 0.25) is 0 Å². The average molecular weight is 258 g/mol. The molecule has 3 nitrogen and oxygen atoms in total. The van der Waals surface area contributed by atoms with Gasteiger partial charge >= 0.3 is 5.97 Å². The Labute approximate surface area is 112 Å². The van der Waals surface area contributed by atoms with E-state index in [1.54, 1.807) is 0 Å². The van der Waals surface area contributed by atoms with E-state index in [2.05, 4.69) is 41.5 Å². The number of hydrogen-bond donors (Lipinski definition) is 1. The van der Waals surface area contributed by atoms with Gasteiger partial charge in [-0.1, -0.05) is 48.0 Å². The molecule has 0 fully saturated rings. The summed E-state index contributed by atoms with van der Waals surface area (Å²) in [4.78, 5) is 12.3. The summed E-state index contributed by atoms with van der Waals surface area (Å²) >= 11 is 0. The highest BCUT2D eigenvalue weighted by Gasteiger charge is 2.48. The number of esters is 1. The maximum atomic E-state index is 12.3. The van der Waals surface area contributed by atoms with Crippen molar-refractivity contribution in [3.63, 3.8) is 0 Å². The molecule has 0 radical (unpaired) electrons. The summed E-state index contributed by atoms with van der Waals surface area (Å²) in [6.45, 7) is 14.6. The van der Waals surface area contributed by atoms with Gasteiger partial charge in [0.25, 0.3) is 0 Å². The van der Waals surface area contributed by atoms with E-state index < -0.39 is 5.41 Å². The zero-order chi connectivity index (χ0) is 14.6. The minimum Gasteiger partial charge on any atom is -0.463 e. The van der Waals surface area contributed by atoms with E-state index in [1.807, 2.05) is 6.92 Å². The standard InChI is InChI=1S/C15H30O3/c1-8-14(5,6)11-15(7,13(2,3)4)12(17)18-10-9-16/h16H,8-11H2,1-7H3. The van der Waals surface area contributed by atoms with Crippen LogP contribution in [-0.2, 0) is 9.53 Å². The van der Waals surface area contributed by atoms with E-state index in [0.717, 1.165) is 12.8 Å². The quantitative estimate of drug-likeness (QED) is 0.743. The summed E-state index contributed by atoms with van der Waals surface area (Å²) in [5, 5.41) is 8.79. The highest BCUT2D eigenvalue weighted by atomic mass is 16.5. The highest BCUT2D eigenvalue weighted by molar-refractivity contribution is 5.77. The molecule has 0 amide bonds. The minimum absolute atomic E-state index is 0.0804. The van der Waals surface area contributed by atoms with Gasteiger partial charge in [-0.2, -0.15) is 0 Å². The van der Waals surface area contributed by atoms with E-state index in [-0.39, 0.29) is 30.0 Å². The average Bonchev–Trinajstić information content (AvgIpc) is 2.23. The van der Waals surface area contributed by atoms with Crippen LogP contribution in [0.4, 0.5) is 0 Å². The predicted molar refractivity (Wildman–Crippen MR) is 74.3 cm³/mol. The van der Waals surface area contributed by atoms with Gasteiger partial charge in [0.15, 0.2) is 0 Å². The maximum absolute atomic E-state index is 12.3. The predicted octanol–water partition coefficient (Wildman–Crippen LogP) is 3.40. The van der Waals surface area contributed by atoms with Crippen LogP contribution in [0.5, 0.6) is 0 Å². The Morgan fingerprint density at radius 3 is 1.94 bits per heavy atom. The van der Waals surface area contributed by atoms with E-state index >= 15 is 0 Å². The number of aliphatic hydroxyl groups is 1. The molecule has 18 heavy (non-hydrogen) atoms. The monoisotopic (exact) mass is 258 g/mol. The molecular weight excluding hydrogens is 228 g/mol. The van der Waals surface area contributed by atoms with Crippen molar-refractivity contribution in [1.82, 2.24) is 0 Å². The van der Waals surface area contributed by atoms with E-state index in [9.17, 15) is 4.79 Å². The number of aliphatic hydroxyl groups excluding tert-OH is 1. The molecule has 1 unspecified atom stereocenters. The minimum atomic E-state index is -0.540. The fraction of sp³-hybridized carbons (Fsp3) is 0.933. The van der Waals surface area contributed by atoms with E-state index in [1.165, 1.54) is 0 Å². The Kier molecular flexibility index (Phi) is 5.86. The largest absolute Gasteiger partial charge is 0.463 e. The number of ether oxygens (including phenoxy) is 1. The Bertz CT molecular complexity index is 276. The molecule has 0 aromatic rings. The van der Waals surface area contributed by atoms with Gasteiger partial charge in [0.1, 0.15) is 6.61 Å². The lowest BCUT2D eigenvalue weighted by Crippen LogP contribution is -2.44. The van der Waals surface area contributed by atoms with Crippen LogP contribution in [0.3, 0.4) is 0 Å². The second kappa shape index (κ2) is 6.05. The fourth-order valence-corrected chi connectivity index (χ4v) is 2.02. The van der Waals surface area contributed by atoms with Crippen LogP contribution >= 0.6 is 0 Å². The molecule has 1 atom stereocenters. The maximum Gasteiger partial charge on any atom is 0.312 e. The van der Waals surface area contributed by atoms with Crippen molar-refractivity contribution in [2.24, 2.45) is 16.2 Å². The third kappa shape index (κ3) is 4.27. The van der Waals surface area contributed by atoms with Crippen LogP contribution in [-0.4, -0.2) is 24.3 Å². The Morgan fingerprint density at radius 2 is 1.61 bits per heavy atom. The molecule has 0 spiro atoms. The molecule has 0 rings (SSSR count). The number of carbonyl (C=O) groups is 1. The van der Waals surface area contributed by atoms with Gasteiger partial charge in [-0.3, -0.25) is 4.79 Å². The van der Waals surface area contributed by atoms with Gasteiger partial charge in [-0.15, -0.1) is 0 Å². The number of carbonyl (C=O) groups excluding carboxylic acids is 1. The zero-order valence-electron chi connectivity index (χ0n) is 13.1. The second-order valence-electron chi connectivity index (χ2n) is 7.14. The molecule has 3 heteroatoms. The molecule has 0 aromatic heterocycles. The van der Waals surface area contributed by atoms with Crippen molar-refractivity contribution in [2.75, 3.05) is 13.2 Å². The summed E-state index contributed by atoms with van der Waals surface area (Å²) < 4.78 is 5.18. The lowest BCUT2D eigenvalue weighted by Gasteiger charge is -2.44. The van der Waals surface area contributed by atoms with Crippen molar-refractivity contribution >= 4 is 5.97 Å². The van der Waals surface area contributed by atoms with Gasteiger partial charge in [0.05, 0.1) is 12.0 Å². The summed E-state index contributed by atoms with van der Waals surface area (Å²) in [6.07, 6.45) is 1.80. The van der Waals surface area contributed by atoms with Crippen molar-refractivity contribution in [2.45, 2.75) is 61.3 Å². The Hall–Kier alpha value is -0.570. The number of hydrogen-bond acceptors (Lipinski definition) is 3. The SMILES string of the molecule is CCC(C)(C)CC(C)(C(=O)OCCO)C(C)(C)C. The van der Waals surface area contributed by atoms with Crippen LogP contribution in [0.2, 0.25) is 0 Å². The van der Waals surface area contributed by atoms with Gasteiger partial charge in [-0.25, -0.2) is 0 Å². The fourth-order valence-electron chi connectivity index (χ4n) is 2.02.